The number of halogens is 3. The van der Waals surface area contributed by atoms with Gasteiger partial charge >= 0.3 is 0 Å². The quantitative estimate of drug-likeness (QED) is 0.482. The molecule has 4 rings (SSSR count). The first-order chi connectivity index (χ1) is 16.4. The zero-order valence-electron chi connectivity index (χ0n) is 17.5. The molecule has 5 atom stereocenters. The fourth-order valence-electron chi connectivity index (χ4n) is 3.65. The van der Waals surface area contributed by atoms with Crippen LogP contribution in [0.1, 0.15) is 11.6 Å². The molecule has 2 N–H and O–H groups in total. The van der Waals surface area contributed by atoms with E-state index in [0.717, 1.165) is 12.1 Å². The number of methoxy groups -OCH3 is 1. The Morgan fingerprint density at radius 2 is 2.03 bits per heavy atom. The van der Waals surface area contributed by atoms with Gasteiger partial charge in [-0.1, -0.05) is 28.6 Å². The van der Waals surface area contributed by atoms with Gasteiger partial charge in [-0.2, -0.15) is 5.26 Å². The number of nitriles is 1. The van der Waals surface area contributed by atoms with Crippen molar-refractivity contribution in [3.05, 3.63) is 59.0 Å². The normalized spacial score (nSPS) is 24.7. The molecule has 0 spiro atoms. The van der Waals surface area contributed by atoms with Gasteiger partial charge in [-0.05, 0) is 18.2 Å². The summed E-state index contributed by atoms with van der Waals surface area (Å²) >= 11 is 6.75. The molecule has 1 aliphatic heterocycles. The van der Waals surface area contributed by atoms with Crippen molar-refractivity contribution in [2.45, 2.75) is 34.7 Å². The lowest BCUT2D eigenvalue weighted by Crippen LogP contribution is -2.55. The van der Waals surface area contributed by atoms with Gasteiger partial charge in [0, 0.05) is 30.0 Å². The van der Waals surface area contributed by atoms with Crippen molar-refractivity contribution in [1.82, 2.24) is 20.0 Å². The zero-order valence-corrected chi connectivity index (χ0v) is 19.1. The number of aromatic nitrogens is 4. The van der Waals surface area contributed by atoms with Crippen LogP contribution < -0.4 is 0 Å². The first kappa shape index (κ1) is 24.5. The Hall–Kier alpha value is -2.66. The molecule has 1 saturated heterocycles. The maximum atomic E-state index is 13.9. The third-order valence-corrected chi connectivity index (χ3v) is 6.75. The minimum absolute atomic E-state index is 0.102. The molecule has 0 amide bonds. The highest BCUT2D eigenvalue weighted by Gasteiger charge is 2.47. The fourth-order valence-corrected chi connectivity index (χ4v) is 4.94. The van der Waals surface area contributed by atoms with E-state index in [1.165, 1.54) is 35.9 Å². The molecule has 5 unspecified atom stereocenters. The summed E-state index contributed by atoms with van der Waals surface area (Å²) < 4.78 is 40.6. The van der Waals surface area contributed by atoms with E-state index in [1.54, 1.807) is 12.3 Å². The highest BCUT2D eigenvalue weighted by Crippen LogP contribution is 2.39. The smallest absolute Gasteiger partial charge is 0.145 e. The van der Waals surface area contributed by atoms with Crippen molar-refractivity contribution in [1.29, 1.82) is 5.26 Å². The number of nitrogens with zero attached hydrogens (tertiary/aromatic N) is 5. The molecule has 3 aromatic rings. The van der Waals surface area contributed by atoms with Crippen molar-refractivity contribution in [3.8, 4) is 17.3 Å². The molecule has 13 heteroatoms. The van der Waals surface area contributed by atoms with Gasteiger partial charge < -0.3 is 19.7 Å². The van der Waals surface area contributed by atoms with Crippen LogP contribution in [0.25, 0.3) is 11.3 Å². The molecular formula is C21H18ClF2N5O4S. The monoisotopic (exact) mass is 509 g/mol. The number of rotatable bonds is 6. The van der Waals surface area contributed by atoms with Gasteiger partial charge in [-0.3, -0.25) is 4.98 Å². The average Bonchev–Trinajstić information content (AvgIpc) is 3.32. The van der Waals surface area contributed by atoms with E-state index in [1.807, 2.05) is 6.07 Å². The summed E-state index contributed by atoms with van der Waals surface area (Å²) in [5.74, 6) is -1.89. The van der Waals surface area contributed by atoms with Crippen LogP contribution in [0.5, 0.6) is 0 Å². The molecule has 0 radical (unpaired) electrons. The summed E-state index contributed by atoms with van der Waals surface area (Å²) in [6, 6.07) is 4.81. The van der Waals surface area contributed by atoms with Gasteiger partial charge in [0.1, 0.15) is 58.2 Å². The fraction of sp³-hybridized carbons (Fsp3) is 0.333. The van der Waals surface area contributed by atoms with E-state index in [9.17, 15) is 19.0 Å². The highest BCUT2D eigenvalue weighted by atomic mass is 35.5. The summed E-state index contributed by atoms with van der Waals surface area (Å²) in [6.07, 6.45) is 1.35. The first-order valence-corrected chi connectivity index (χ1v) is 11.2. The summed E-state index contributed by atoms with van der Waals surface area (Å²) in [4.78, 5) is 4.64. The second kappa shape index (κ2) is 10.3. The van der Waals surface area contributed by atoms with Crippen molar-refractivity contribution in [2.75, 3.05) is 13.7 Å². The van der Waals surface area contributed by atoms with Gasteiger partial charge in [-0.25, -0.2) is 13.5 Å². The van der Waals surface area contributed by atoms with E-state index in [2.05, 4.69) is 15.3 Å². The average molecular weight is 510 g/mol. The Balaban J connectivity index is 1.67. The molecule has 1 fully saturated rings. The van der Waals surface area contributed by atoms with Crippen LogP contribution in [0.3, 0.4) is 0 Å². The lowest BCUT2D eigenvalue weighted by molar-refractivity contribution is -0.186. The van der Waals surface area contributed by atoms with Gasteiger partial charge in [-0.15, -0.1) is 5.10 Å². The Morgan fingerprint density at radius 1 is 1.29 bits per heavy atom. The van der Waals surface area contributed by atoms with Gasteiger partial charge in [0.25, 0.3) is 0 Å². The van der Waals surface area contributed by atoms with E-state index in [4.69, 9.17) is 26.3 Å². The Bertz CT molecular complexity index is 1200. The number of aliphatic hydroxyl groups is 2. The van der Waals surface area contributed by atoms with Crippen molar-refractivity contribution in [2.24, 2.45) is 0 Å². The topological polar surface area (TPSA) is 126 Å². The molecule has 2 aromatic heterocycles. The SMILES string of the molecule is COC1C(Sc2cncc(C#N)c2)OC(CO)C(O)C1n1cc(-c2cc(F)c(Cl)c(F)c2)nn1. The number of thioether (sulfide) groups is 1. The molecule has 9 nitrogen and oxygen atoms in total. The van der Waals surface area contributed by atoms with Crippen LogP contribution in [0.2, 0.25) is 5.02 Å². The van der Waals surface area contributed by atoms with Crippen molar-refractivity contribution < 1.29 is 28.5 Å². The number of hydrogen-bond donors (Lipinski definition) is 2. The largest absolute Gasteiger partial charge is 0.394 e. The van der Waals surface area contributed by atoms with Crippen LogP contribution in [0.15, 0.2) is 41.7 Å². The Labute approximate surface area is 201 Å². The molecule has 1 aliphatic rings. The molecule has 1 aromatic carbocycles. The summed E-state index contributed by atoms with van der Waals surface area (Å²) in [6.45, 7) is -0.489. The van der Waals surface area contributed by atoms with Crippen molar-refractivity contribution in [3.63, 3.8) is 0 Å². The molecule has 178 valence electrons. The molecule has 0 bridgehead atoms. The standard InChI is InChI=1S/C21H18ClF2N5O4S/c1-32-20-18(29-8-15(27-28-29)11-3-13(23)17(22)14(24)4-11)19(31)16(9-30)33-21(20)34-12-2-10(5-25)6-26-7-12/h2-4,6-8,16,18-21,30-31H,9H2,1H3. The third-order valence-electron chi connectivity index (χ3n) is 5.29. The van der Waals surface area contributed by atoms with E-state index in [0.29, 0.717) is 10.5 Å². The predicted molar refractivity (Wildman–Crippen MR) is 117 cm³/mol. The minimum Gasteiger partial charge on any atom is -0.394 e. The highest BCUT2D eigenvalue weighted by molar-refractivity contribution is 7.99. The van der Waals surface area contributed by atoms with E-state index >= 15 is 0 Å². The summed E-state index contributed by atoms with van der Waals surface area (Å²) in [7, 11) is 1.42. The number of aliphatic hydroxyl groups excluding tert-OH is 2. The third kappa shape index (κ3) is 4.76. The van der Waals surface area contributed by atoms with Crippen molar-refractivity contribution >= 4 is 23.4 Å². The molecule has 34 heavy (non-hydrogen) atoms. The predicted octanol–water partition coefficient (Wildman–Crippen LogP) is 2.57. The number of pyridine rings is 1. The number of benzene rings is 1. The van der Waals surface area contributed by atoms with Crippen LogP contribution in [-0.2, 0) is 9.47 Å². The molecular weight excluding hydrogens is 492 g/mol. The Morgan fingerprint density at radius 3 is 2.68 bits per heavy atom. The van der Waals surface area contributed by atoms with Crippen LogP contribution in [0, 0.1) is 23.0 Å². The lowest BCUT2D eigenvalue weighted by Gasteiger charge is -2.43. The molecule has 0 aliphatic carbocycles. The summed E-state index contributed by atoms with van der Waals surface area (Å²) in [5, 5.41) is 37.2. The maximum absolute atomic E-state index is 13.9. The zero-order chi connectivity index (χ0) is 24.4. The van der Waals surface area contributed by atoms with Gasteiger partial charge in [0.15, 0.2) is 0 Å². The minimum atomic E-state index is -1.25. The Kier molecular flexibility index (Phi) is 7.42. The second-order valence-corrected chi connectivity index (χ2v) is 8.93. The van der Waals surface area contributed by atoms with Crippen LogP contribution in [0.4, 0.5) is 8.78 Å². The lowest BCUT2D eigenvalue weighted by atomic mass is 9.97. The van der Waals surface area contributed by atoms with E-state index < -0.39 is 53.1 Å². The number of ether oxygens (including phenoxy) is 2. The number of hydrogen-bond acceptors (Lipinski definition) is 9. The van der Waals surface area contributed by atoms with Gasteiger partial charge in [0.2, 0.25) is 0 Å². The summed E-state index contributed by atoms with van der Waals surface area (Å²) in [5.41, 5.74) is -0.137. The molecule has 3 heterocycles. The molecule has 0 saturated carbocycles. The maximum Gasteiger partial charge on any atom is 0.145 e. The second-order valence-electron chi connectivity index (χ2n) is 7.38. The van der Waals surface area contributed by atoms with Crippen LogP contribution >= 0.6 is 23.4 Å². The first-order valence-electron chi connectivity index (χ1n) is 9.92. The van der Waals surface area contributed by atoms with Gasteiger partial charge in [0.05, 0.1) is 18.4 Å². The van der Waals surface area contributed by atoms with Crippen LogP contribution in [-0.4, -0.2) is 67.7 Å². The van der Waals surface area contributed by atoms with E-state index in [-0.39, 0.29) is 11.3 Å².